The molecule has 0 fully saturated rings. The van der Waals surface area contributed by atoms with Crippen molar-refractivity contribution in [2.45, 2.75) is 19.3 Å². The monoisotopic (exact) mass is 607 g/mol. The lowest BCUT2D eigenvalue weighted by molar-refractivity contribution is 0.660. The molecule has 0 atom stereocenters. The summed E-state index contributed by atoms with van der Waals surface area (Å²) in [5.74, 6) is 2.00. The molecule has 46 heavy (non-hydrogen) atoms. The molecule has 0 aliphatic heterocycles. The Kier molecular flexibility index (Phi) is 6.02. The third kappa shape index (κ3) is 4.22. The minimum atomic E-state index is -0.0846. The summed E-state index contributed by atoms with van der Waals surface area (Å²) >= 11 is 1.82. The van der Waals surface area contributed by atoms with Crippen LogP contribution in [0.4, 0.5) is 0 Å². The van der Waals surface area contributed by atoms with E-state index < -0.39 is 0 Å². The molecule has 0 bridgehead atoms. The molecular formula is C42H29N3S. The molecule has 9 rings (SSSR count). The Morgan fingerprint density at radius 1 is 0.435 bits per heavy atom. The number of aromatic nitrogens is 3. The minimum absolute atomic E-state index is 0.0846. The fraction of sp³-hybridized carbons (Fsp3) is 0.0714. The van der Waals surface area contributed by atoms with E-state index in [0.717, 1.165) is 16.7 Å². The van der Waals surface area contributed by atoms with Gasteiger partial charge >= 0.3 is 0 Å². The third-order valence-electron chi connectivity index (χ3n) is 9.33. The van der Waals surface area contributed by atoms with Gasteiger partial charge in [-0.1, -0.05) is 129 Å². The fourth-order valence-electron chi connectivity index (χ4n) is 7.02. The summed E-state index contributed by atoms with van der Waals surface area (Å²) < 4.78 is 2.50. The molecule has 1 aliphatic rings. The van der Waals surface area contributed by atoms with E-state index in [1.807, 2.05) is 47.7 Å². The van der Waals surface area contributed by atoms with E-state index in [0.29, 0.717) is 17.5 Å². The predicted octanol–water partition coefficient (Wildman–Crippen LogP) is 11.2. The maximum atomic E-state index is 5.09. The lowest BCUT2D eigenvalue weighted by Crippen LogP contribution is -2.14. The van der Waals surface area contributed by atoms with Gasteiger partial charge in [-0.3, -0.25) is 0 Å². The fourth-order valence-corrected chi connectivity index (χ4v) is 8.19. The van der Waals surface area contributed by atoms with Gasteiger partial charge in [0.15, 0.2) is 17.5 Å². The predicted molar refractivity (Wildman–Crippen MR) is 192 cm³/mol. The largest absolute Gasteiger partial charge is 0.208 e. The Bertz CT molecular complexity index is 2380. The highest BCUT2D eigenvalue weighted by Gasteiger charge is 2.35. The van der Waals surface area contributed by atoms with Gasteiger partial charge in [0.25, 0.3) is 0 Å². The van der Waals surface area contributed by atoms with Crippen LogP contribution in [-0.2, 0) is 5.41 Å². The number of benzene rings is 6. The van der Waals surface area contributed by atoms with Crippen LogP contribution in [0.3, 0.4) is 0 Å². The zero-order valence-corrected chi connectivity index (χ0v) is 26.3. The van der Waals surface area contributed by atoms with Gasteiger partial charge in [0.2, 0.25) is 0 Å². The average Bonchev–Trinajstić information content (AvgIpc) is 3.60. The van der Waals surface area contributed by atoms with E-state index in [9.17, 15) is 0 Å². The van der Waals surface area contributed by atoms with Crippen molar-refractivity contribution >= 4 is 31.5 Å². The molecule has 2 heterocycles. The van der Waals surface area contributed by atoms with Crippen LogP contribution in [0.1, 0.15) is 25.0 Å². The number of rotatable bonds is 4. The summed E-state index contributed by atoms with van der Waals surface area (Å²) in [6.45, 7) is 4.68. The standard InChI is InChI=1S/C42H29N3S/c1-42(2)34-19-11-9-17-30(34)31-22-21-28(24-35(31)42)33-23-29(25-37-38(33)32-18-10-12-20-36(32)46-37)41-44-39(26-13-5-3-6-14-26)43-40(45-41)27-15-7-4-8-16-27/h3-25H,1-2H3. The first-order valence-corrected chi connectivity index (χ1v) is 16.4. The first kappa shape index (κ1) is 26.9. The van der Waals surface area contributed by atoms with E-state index in [2.05, 4.69) is 117 Å². The number of fused-ring (bicyclic) bond motifs is 6. The molecular weight excluding hydrogens is 579 g/mol. The zero-order valence-electron chi connectivity index (χ0n) is 25.5. The maximum Gasteiger partial charge on any atom is 0.164 e. The molecule has 2 aromatic heterocycles. The van der Waals surface area contributed by atoms with E-state index in [4.69, 9.17) is 15.0 Å². The van der Waals surface area contributed by atoms with Gasteiger partial charge in [0.05, 0.1) is 0 Å². The number of hydrogen-bond donors (Lipinski definition) is 0. The topological polar surface area (TPSA) is 38.7 Å². The molecule has 0 radical (unpaired) electrons. The van der Waals surface area contributed by atoms with Gasteiger partial charge in [-0.05, 0) is 57.6 Å². The molecule has 218 valence electrons. The molecule has 4 heteroatoms. The normalized spacial score (nSPS) is 13.2. The lowest BCUT2D eigenvalue weighted by atomic mass is 9.81. The quantitative estimate of drug-likeness (QED) is 0.200. The Hall–Kier alpha value is -5.45. The van der Waals surface area contributed by atoms with Crippen molar-refractivity contribution in [2.75, 3.05) is 0 Å². The third-order valence-corrected chi connectivity index (χ3v) is 10.4. The molecule has 8 aromatic rings. The van der Waals surface area contributed by atoms with Gasteiger partial charge in [-0.2, -0.15) is 0 Å². The highest BCUT2D eigenvalue weighted by atomic mass is 32.1. The van der Waals surface area contributed by atoms with E-state index in [-0.39, 0.29) is 5.41 Å². The summed E-state index contributed by atoms with van der Waals surface area (Å²) in [4.78, 5) is 15.1. The molecule has 1 aliphatic carbocycles. The van der Waals surface area contributed by atoms with Gasteiger partial charge in [0, 0.05) is 42.3 Å². The molecule has 0 N–H and O–H groups in total. The number of nitrogens with zero attached hydrogens (tertiary/aromatic N) is 3. The second kappa shape index (κ2) is 10.3. The van der Waals surface area contributed by atoms with E-state index in [1.165, 1.54) is 53.6 Å². The molecule has 6 aromatic carbocycles. The maximum absolute atomic E-state index is 5.09. The van der Waals surface area contributed by atoms with Crippen LogP contribution in [0.25, 0.3) is 76.6 Å². The molecule has 0 saturated carbocycles. The Balaban J connectivity index is 1.30. The van der Waals surface area contributed by atoms with Crippen molar-refractivity contribution in [3.05, 3.63) is 151 Å². The highest BCUT2D eigenvalue weighted by molar-refractivity contribution is 7.26. The summed E-state index contributed by atoms with van der Waals surface area (Å²) in [5.41, 5.74) is 10.6. The van der Waals surface area contributed by atoms with Crippen LogP contribution in [0.15, 0.2) is 140 Å². The van der Waals surface area contributed by atoms with Crippen molar-refractivity contribution in [1.82, 2.24) is 15.0 Å². The van der Waals surface area contributed by atoms with Crippen LogP contribution < -0.4 is 0 Å². The molecule has 0 spiro atoms. The van der Waals surface area contributed by atoms with Crippen molar-refractivity contribution in [3.63, 3.8) is 0 Å². The first-order valence-electron chi connectivity index (χ1n) is 15.6. The number of thiophene rings is 1. The summed E-state index contributed by atoms with van der Waals surface area (Å²) in [7, 11) is 0. The van der Waals surface area contributed by atoms with Crippen LogP contribution in [-0.4, -0.2) is 15.0 Å². The number of hydrogen-bond acceptors (Lipinski definition) is 4. The van der Waals surface area contributed by atoms with Crippen LogP contribution >= 0.6 is 11.3 Å². The van der Waals surface area contributed by atoms with Crippen molar-refractivity contribution in [1.29, 1.82) is 0 Å². The van der Waals surface area contributed by atoms with E-state index in [1.54, 1.807) is 0 Å². The Morgan fingerprint density at radius 3 is 1.74 bits per heavy atom. The second-order valence-corrected chi connectivity index (χ2v) is 13.5. The molecule has 3 nitrogen and oxygen atoms in total. The highest BCUT2D eigenvalue weighted by Crippen LogP contribution is 2.50. The summed E-state index contributed by atoms with van der Waals surface area (Å²) in [6.07, 6.45) is 0. The molecule has 0 saturated heterocycles. The summed E-state index contributed by atoms with van der Waals surface area (Å²) in [6, 6.07) is 49.5. The van der Waals surface area contributed by atoms with Crippen LogP contribution in [0.2, 0.25) is 0 Å². The Morgan fingerprint density at radius 2 is 1.02 bits per heavy atom. The van der Waals surface area contributed by atoms with Crippen molar-refractivity contribution in [3.8, 4) is 56.4 Å². The first-order chi connectivity index (χ1) is 22.5. The Labute approximate surface area is 271 Å². The summed E-state index contributed by atoms with van der Waals surface area (Å²) in [5, 5.41) is 2.55. The van der Waals surface area contributed by atoms with Gasteiger partial charge < -0.3 is 0 Å². The van der Waals surface area contributed by atoms with Gasteiger partial charge in [0.1, 0.15) is 0 Å². The van der Waals surface area contributed by atoms with Gasteiger partial charge in [-0.15, -0.1) is 11.3 Å². The smallest absolute Gasteiger partial charge is 0.164 e. The van der Waals surface area contributed by atoms with Gasteiger partial charge in [-0.25, -0.2) is 15.0 Å². The van der Waals surface area contributed by atoms with E-state index >= 15 is 0 Å². The van der Waals surface area contributed by atoms with Crippen LogP contribution in [0, 0.1) is 0 Å². The molecule has 0 unspecified atom stereocenters. The van der Waals surface area contributed by atoms with Crippen molar-refractivity contribution < 1.29 is 0 Å². The van der Waals surface area contributed by atoms with Crippen molar-refractivity contribution in [2.24, 2.45) is 0 Å². The van der Waals surface area contributed by atoms with Crippen LogP contribution in [0.5, 0.6) is 0 Å². The minimum Gasteiger partial charge on any atom is -0.208 e. The SMILES string of the molecule is CC1(C)c2ccccc2-c2ccc(-c3cc(-c4nc(-c5ccccc5)nc(-c5ccccc5)n4)cc4sc5ccccc5c34)cc21. The lowest BCUT2D eigenvalue weighted by Gasteiger charge is -2.22. The average molecular weight is 608 g/mol. The second-order valence-electron chi connectivity index (χ2n) is 12.5. The molecule has 0 amide bonds. The zero-order chi connectivity index (χ0) is 30.8.